The summed E-state index contributed by atoms with van der Waals surface area (Å²) in [6, 6.07) is 18.8. The number of hydrogen-bond acceptors (Lipinski definition) is 6. The number of ketones is 1. The number of Topliss-reactive ketones (excluding diaryl/α,β-unsaturated/α-hetero) is 1. The molecule has 1 N–H and O–H groups in total. The number of ether oxygens (including phenoxy) is 1. The molecule has 0 bridgehead atoms. The van der Waals surface area contributed by atoms with Gasteiger partial charge in [-0.2, -0.15) is 0 Å². The van der Waals surface area contributed by atoms with Gasteiger partial charge in [0.05, 0.1) is 35.0 Å². The van der Waals surface area contributed by atoms with Gasteiger partial charge in [0.15, 0.2) is 5.78 Å². The number of anilines is 1. The number of aliphatic imine (C=N–C) groups is 2. The lowest BCUT2D eigenvalue weighted by Crippen LogP contribution is -2.16. The first-order valence-corrected chi connectivity index (χ1v) is 12.3. The zero-order valence-electron chi connectivity index (χ0n) is 20.2. The molecule has 1 amide bonds. The van der Waals surface area contributed by atoms with Crippen LogP contribution in [0.15, 0.2) is 70.6 Å². The molecule has 0 saturated heterocycles. The normalized spacial score (nSPS) is 12.7. The fourth-order valence-electron chi connectivity index (χ4n) is 3.63. The van der Waals surface area contributed by atoms with Gasteiger partial charge in [-0.05, 0) is 98.1 Å². The van der Waals surface area contributed by atoms with Crippen LogP contribution in [0.5, 0.6) is 5.75 Å². The molecular formula is C28H27N3O3S. The predicted molar refractivity (Wildman–Crippen MR) is 144 cm³/mol. The van der Waals surface area contributed by atoms with E-state index < -0.39 is 0 Å². The van der Waals surface area contributed by atoms with Crippen molar-refractivity contribution in [2.45, 2.75) is 27.2 Å². The van der Waals surface area contributed by atoms with Crippen molar-refractivity contribution in [2.24, 2.45) is 9.98 Å². The Balaban J connectivity index is 1.54. The summed E-state index contributed by atoms with van der Waals surface area (Å²) in [4.78, 5) is 33.9. The van der Waals surface area contributed by atoms with Gasteiger partial charge in [-0.1, -0.05) is 0 Å². The molecule has 1 heterocycles. The first-order chi connectivity index (χ1) is 16.8. The Bertz CT molecular complexity index is 1330. The molecule has 0 radical (unpaired) electrons. The second kappa shape index (κ2) is 10.7. The SMILES string of the molecule is COc1ccc(C2=Nc3cc(C)c(C)cc3N=C(SCC(=O)Nc3ccc(C(C)=O)cc3)C2)cc1. The average Bonchev–Trinajstić information content (AvgIpc) is 3.02. The lowest BCUT2D eigenvalue weighted by Gasteiger charge is -2.09. The van der Waals surface area contributed by atoms with Crippen molar-refractivity contribution in [1.82, 2.24) is 0 Å². The van der Waals surface area contributed by atoms with Crippen molar-refractivity contribution in [3.63, 3.8) is 0 Å². The molecule has 0 aromatic heterocycles. The lowest BCUT2D eigenvalue weighted by molar-refractivity contribution is -0.113. The molecule has 0 spiro atoms. The zero-order valence-corrected chi connectivity index (χ0v) is 21.0. The summed E-state index contributed by atoms with van der Waals surface area (Å²) in [5.74, 6) is 0.848. The van der Waals surface area contributed by atoms with Gasteiger partial charge in [-0.25, -0.2) is 4.99 Å². The number of hydrogen-bond donors (Lipinski definition) is 1. The number of aryl methyl sites for hydroxylation is 2. The topological polar surface area (TPSA) is 80.1 Å². The van der Waals surface area contributed by atoms with Crippen molar-refractivity contribution in [3.8, 4) is 5.75 Å². The van der Waals surface area contributed by atoms with Crippen LogP contribution in [0.4, 0.5) is 17.1 Å². The van der Waals surface area contributed by atoms with Crippen LogP contribution >= 0.6 is 11.8 Å². The van der Waals surface area contributed by atoms with Crippen LogP contribution in [0.2, 0.25) is 0 Å². The maximum atomic E-state index is 12.6. The van der Waals surface area contributed by atoms with E-state index in [9.17, 15) is 9.59 Å². The van der Waals surface area contributed by atoms with Crippen LogP contribution in [-0.4, -0.2) is 35.3 Å². The Morgan fingerprint density at radius 1 is 0.943 bits per heavy atom. The van der Waals surface area contributed by atoms with E-state index in [0.717, 1.165) is 44.6 Å². The zero-order chi connectivity index (χ0) is 24.9. The Kier molecular flexibility index (Phi) is 7.46. The lowest BCUT2D eigenvalue weighted by atomic mass is 10.1. The second-order valence-electron chi connectivity index (χ2n) is 8.36. The van der Waals surface area contributed by atoms with E-state index in [-0.39, 0.29) is 17.4 Å². The Morgan fingerprint density at radius 2 is 1.57 bits per heavy atom. The number of nitrogens with one attached hydrogen (secondary N) is 1. The number of carbonyl (C=O) groups is 2. The molecule has 35 heavy (non-hydrogen) atoms. The molecule has 0 unspecified atom stereocenters. The van der Waals surface area contributed by atoms with E-state index in [1.807, 2.05) is 30.3 Å². The van der Waals surface area contributed by atoms with Crippen molar-refractivity contribution in [1.29, 1.82) is 0 Å². The minimum atomic E-state index is -0.138. The summed E-state index contributed by atoms with van der Waals surface area (Å²) in [5.41, 5.74) is 7.07. The molecule has 1 aliphatic heterocycles. The average molecular weight is 486 g/mol. The van der Waals surface area contributed by atoms with Gasteiger partial charge in [-0.3, -0.25) is 14.6 Å². The number of rotatable bonds is 6. The van der Waals surface area contributed by atoms with Crippen LogP contribution in [0.1, 0.15) is 40.4 Å². The molecule has 178 valence electrons. The number of methoxy groups -OCH3 is 1. The molecular weight excluding hydrogens is 458 g/mol. The second-order valence-corrected chi connectivity index (χ2v) is 9.41. The molecule has 3 aromatic carbocycles. The van der Waals surface area contributed by atoms with Crippen molar-refractivity contribution in [2.75, 3.05) is 18.2 Å². The van der Waals surface area contributed by atoms with Crippen molar-refractivity contribution < 1.29 is 14.3 Å². The predicted octanol–water partition coefficient (Wildman–Crippen LogP) is 6.44. The van der Waals surface area contributed by atoms with Gasteiger partial charge >= 0.3 is 0 Å². The summed E-state index contributed by atoms with van der Waals surface area (Å²) in [5, 5.41) is 3.71. The standard InChI is InChI=1S/C28H27N3O3S/c1-17-13-25-26(14-18(17)2)31-28(15-24(30-25)21-7-11-23(34-4)12-8-21)35-16-27(33)29-22-9-5-20(6-10-22)19(3)32/h5-14H,15-16H2,1-4H3,(H,29,33). The van der Waals surface area contributed by atoms with Crippen molar-refractivity contribution in [3.05, 3.63) is 82.9 Å². The van der Waals surface area contributed by atoms with Gasteiger partial charge in [0.25, 0.3) is 0 Å². The summed E-state index contributed by atoms with van der Waals surface area (Å²) in [6.07, 6.45) is 0.518. The minimum absolute atomic E-state index is 0.00940. The third kappa shape index (κ3) is 6.05. The number of thioether (sulfide) groups is 1. The molecule has 3 aromatic rings. The maximum absolute atomic E-state index is 12.6. The summed E-state index contributed by atoms with van der Waals surface area (Å²) in [6.45, 7) is 5.64. The fourth-order valence-corrected chi connectivity index (χ4v) is 4.41. The summed E-state index contributed by atoms with van der Waals surface area (Å²) >= 11 is 1.40. The van der Waals surface area contributed by atoms with E-state index in [2.05, 4.69) is 25.2 Å². The molecule has 6 nitrogen and oxygen atoms in total. The summed E-state index contributed by atoms with van der Waals surface area (Å²) < 4.78 is 5.29. The fraction of sp³-hybridized carbons (Fsp3) is 0.214. The molecule has 0 atom stereocenters. The first kappa shape index (κ1) is 24.4. The molecule has 1 aliphatic rings. The van der Waals surface area contributed by atoms with E-state index in [4.69, 9.17) is 14.7 Å². The van der Waals surface area contributed by atoms with Crippen LogP contribution in [0, 0.1) is 13.8 Å². The highest BCUT2D eigenvalue weighted by Crippen LogP contribution is 2.36. The van der Waals surface area contributed by atoms with Gasteiger partial charge < -0.3 is 10.1 Å². The third-order valence-corrected chi connectivity index (χ3v) is 6.75. The smallest absolute Gasteiger partial charge is 0.234 e. The van der Waals surface area contributed by atoms with Gasteiger partial charge in [0.2, 0.25) is 5.91 Å². The molecule has 4 rings (SSSR count). The quantitative estimate of drug-likeness (QED) is 0.407. The van der Waals surface area contributed by atoms with Gasteiger partial charge in [0.1, 0.15) is 5.75 Å². The molecule has 7 heteroatoms. The number of benzene rings is 3. The van der Waals surface area contributed by atoms with Crippen LogP contribution in [0.25, 0.3) is 0 Å². The highest BCUT2D eigenvalue weighted by molar-refractivity contribution is 8.14. The maximum Gasteiger partial charge on any atom is 0.234 e. The number of nitrogens with zero attached hydrogens (tertiary/aromatic N) is 2. The Hall–Kier alpha value is -3.71. The number of amides is 1. The number of fused-ring (bicyclic) bond motifs is 1. The van der Waals surface area contributed by atoms with E-state index >= 15 is 0 Å². The van der Waals surface area contributed by atoms with Crippen LogP contribution in [-0.2, 0) is 4.79 Å². The van der Waals surface area contributed by atoms with Gasteiger partial charge in [0, 0.05) is 17.7 Å². The molecule has 0 saturated carbocycles. The number of carbonyl (C=O) groups excluding carboxylic acids is 2. The molecule has 0 aliphatic carbocycles. The monoisotopic (exact) mass is 485 g/mol. The van der Waals surface area contributed by atoms with E-state index in [1.165, 1.54) is 18.7 Å². The Labute approximate surface area is 209 Å². The third-order valence-electron chi connectivity index (χ3n) is 5.78. The van der Waals surface area contributed by atoms with Crippen LogP contribution in [0.3, 0.4) is 0 Å². The van der Waals surface area contributed by atoms with Gasteiger partial charge in [-0.15, -0.1) is 11.8 Å². The highest BCUT2D eigenvalue weighted by Gasteiger charge is 2.18. The molecule has 0 fully saturated rings. The first-order valence-electron chi connectivity index (χ1n) is 11.3. The largest absolute Gasteiger partial charge is 0.497 e. The Morgan fingerprint density at radius 3 is 2.17 bits per heavy atom. The minimum Gasteiger partial charge on any atom is -0.497 e. The highest BCUT2D eigenvalue weighted by atomic mass is 32.2. The van der Waals surface area contributed by atoms with E-state index in [1.54, 1.807) is 31.4 Å². The van der Waals surface area contributed by atoms with Crippen LogP contribution < -0.4 is 10.1 Å². The van der Waals surface area contributed by atoms with Crippen molar-refractivity contribution >= 4 is 51.3 Å². The summed E-state index contributed by atoms with van der Waals surface area (Å²) in [7, 11) is 1.64. The van der Waals surface area contributed by atoms with E-state index in [0.29, 0.717) is 17.7 Å².